The van der Waals surface area contributed by atoms with Crippen molar-refractivity contribution >= 4 is 23.2 Å². The number of carbonyl (C=O) groups is 2. The molecule has 5 rings (SSSR count). The number of hydrogen-bond donors (Lipinski definition) is 0. The van der Waals surface area contributed by atoms with Crippen molar-refractivity contribution in [2.24, 2.45) is 5.92 Å². The summed E-state index contributed by atoms with van der Waals surface area (Å²) in [6.07, 6.45) is 1.17. The van der Waals surface area contributed by atoms with Crippen LogP contribution >= 0.6 is 11.6 Å². The fraction of sp³-hybridized carbons (Fsp3) is 0.222. The largest absolute Gasteiger partial charge is 0.496 e. The van der Waals surface area contributed by atoms with E-state index in [1.54, 1.807) is 6.92 Å². The van der Waals surface area contributed by atoms with Crippen molar-refractivity contribution in [3.63, 3.8) is 0 Å². The molecule has 0 radical (unpaired) electrons. The minimum atomic E-state index is -0.656. The van der Waals surface area contributed by atoms with Crippen LogP contribution in [0.1, 0.15) is 40.4 Å². The molecular formula is C36H33ClO8. The normalized spacial score (nSPS) is 15.7. The second-order valence-electron chi connectivity index (χ2n) is 10.5. The molecule has 0 N–H and O–H groups in total. The highest BCUT2D eigenvalue weighted by Crippen LogP contribution is 2.45. The summed E-state index contributed by atoms with van der Waals surface area (Å²) in [6.45, 7) is 2.37. The predicted octanol–water partition coefficient (Wildman–Crippen LogP) is 7.74. The number of allylic oxidation sites excluding steroid dienone is 1. The molecule has 1 atom stereocenters. The third kappa shape index (κ3) is 7.96. The van der Waals surface area contributed by atoms with Crippen LogP contribution in [0, 0.1) is 5.92 Å². The van der Waals surface area contributed by atoms with E-state index in [0.717, 1.165) is 11.1 Å². The zero-order chi connectivity index (χ0) is 31.8. The maximum atomic E-state index is 13.4. The Labute approximate surface area is 267 Å². The first-order valence-electron chi connectivity index (χ1n) is 14.4. The van der Waals surface area contributed by atoms with Crippen LogP contribution in [0.4, 0.5) is 0 Å². The molecule has 9 heteroatoms. The van der Waals surface area contributed by atoms with Gasteiger partial charge >= 0.3 is 0 Å². The first-order chi connectivity index (χ1) is 21.8. The minimum absolute atomic E-state index is 0.0130. The summed E-state index contributed by atoms with van der Waals surface area (Å²) in [4.78, 5) is 26.3. The van der Waals surface area contributed by atoms with E-state index in [4.69, 9.17) is 40.0 Å². The molecule has 0 fully saturated rings. The summed E-state index contributed by atoms with van der Waals surface area (Å²) < 4.78 is 35.2. The summed E-state index contributed by atoms with van der Waals surface area (Å²) in [5.74, 6) is 0.0973. The summed E-state index contributed by atoms with van der Waals surface area (Å²) in [7, 11) is 2.87. The Morgan fingerprint density at radius 1 is 0.733 bits per heavy atom. The molecule has 1 heterocycles. The van der Waals surface area contributed by atoms with Gasteiger partial charge in [0.1, 0.15) is 53.4 Å². The van der Waals surface area contributed by atoms with Crippen LogP contribution in [-0.2, 0) is 29.4 Å². The Bertz CT molecular complexity index is 1620. The molecule has 1 aliphatic rings. The van der Waals surface area contributed by atoms with Gasteiger partial charge in [0.05, 0.1) is 20.3 Å². The molecule has 8 nitrogen and oxygen atoms in total. The number of carbonyl (C=O) groups excluding carboxylic acids is 2. The zero-order valence-corrected chi connectivity index (χ0v) is 26.0. The van der Waals surface area contributed by atoms with Gasteiger partial charge in [0.2, 0.25) is 0 Å². The van der Waals surface area contributed by atoms with Crippen molar-refractivity contribution in [1.29, 1.82) is 0 Å². The molecule has 1 aliphatic heterocycles. The SMILES string of the molecule is COc1cc(OC)c2c(c1Cl)O/C(OCc1cc(OCc3ccccc3)cc(OCc3ccccc3)c1)=C\C(=O)C[C@@H](C)C2=O. The van der Waals surface area contributed by atoms with Crippen LogP contribution in [0.5, 0.6) is 28.7 Å². The quantitative estimate of drug-likeness (QED) is 0.167. The van der Waals surface area contributed by atoms with Crippen molar-refractivity contribution < 1.29 is 38.0 Å². The van der Waals surface area contributed by atoms with Gasteiger partial charge in [0, 0.05) is 24.5 Å². The van der Waals surface area contributed by atoms with Gasteiger partial charge in [0.15, 0.2) is 17.3 Å². The Morgan fingerprint density at radius 2 is 1.29 bits per heavy atom. The number of benzene rings is 4. The molecule has 4 aromatic rings. The molecule has 232 valence electrons. The van der Waals surface area contributed by atoms with Crippen LogP contribution in [0.2, 0.25) is 5.02 Å². The van der Waals surface area contributed by atoms with Gasteiger partial charge in [-0.15, -0.1) is 0 Å². The second-order valence-corrected chi connectivity index (χ2v) is 10.8. The van der Waals surface area contributed by atoms with Crippen molar-refractivity contribution in [3.05, 3.63) is 124 Å². The number of ether oxygens (including phenoxy) is 6. The van der Waals surface area contributed by atoms with E-state index in [9.17, 15) is 9.59 Å². The van der Waals surface area contributed by atoms with Crippen molar-refractivity contribution in [2.45, 2.75) is 33.2 Å². The number of Topliss-reactive ketones (excluding diaryl/α,β-unsaturated/α-hetero) is 1. The average Bonchev–Trinajstić information content (AvgIpc) is 3.10. The van der Waals surface area contributed by atoms with E-state index in [0.29, 0.717) is 30.3 Å². The van der Waals surface area contributed by atoms with Gasteiger partial charge in [-0.05, 0) is 28.8 Å². The lowest BCUT2D eigenvalue weighted by atomic mass is 9.93. The van der Waals surface area contributed by atoms with Crippen LogP contribution < -0.4 is 23.7 Å². The molecule has 0 amide bonds. The summed E-state index contributed by atoms with van der Waals surface area (Å²) in [5, 5.41) is 0.0469. The van der Waals surface area contributed by atoms with Gasteiger partial charge in [-0.1, -0.05) is 79.2 Å². The van der Waals surface area contributed by atoms with E-state index in [2.05, 4.69) is 0 Å². The van der Waals surface area contributed by atoms with Crippen molar-refractivity contribution in [1.82, 2.24) is 0 Å². The highest BCUT2D eigenvalue weighted by atomic mass is 35.5. The Hall–Kier alpha value is -4.95. The predicted molar refractivity (Wildman–Crippen MR) is 169 cm³/mol. The van der Waals surface area contributed by atoms with Gasteiger partial charge in [-0.25, -0.2) is 0 Å². The third-order valence-electron chi connectivity index (χ3n) is 7.09. The van der Waals surface area contributed by atoms with Crippen molar-refractivity contribution in [2.75, 3.05) is 14.2 Å². The van der Waals surface area contributed by atoms with Gasteiger partial charge < -0.3 is 28.4 Å². The van der Waals surface area contributed by atoms with E-state index < -0.39 is 5.92 Å². The molecule has 0 spiro atoms. The molecule has 0 bridgehead atoms. The van der Waals surface area contributed by atoms with Crippen molar-refractivity contribution in [3.8, 4) is 28.7 Å². The first-order valence-corrected chi connectivity index (χ1v) is 14.7. The maximum absolute atomic E-state index is 13.4. The number of rotatable bonds is 11. The number of ketones is 2. The number of fused-ring (bicyclic) bond motifs is 1. The molecule has 4 aromatic carbocycles. The number of methoxy groups -OCH3 is 2. The van der Waals surface area contributed by atoms with Gasteiger partial charge in [-0.2, -0.15) is 0 Å². The van der Waals surface area contributed by atoms with E-state index >= 15 is 0 Å². The fourth-order valence-electron chi connectivity index (χ4n) is 4.78. The minimum Gasteiger partial charge on any atom is -0.496 e. The average molecular weight is 629 g/mol. The number of halogens is 1. The van der Waals surface area contributed by atoms with Crippen LogP contribution in [0.25, 0.3) is 0 Å². The van der Waals surface area contributed by atoms with Gasteiger partial charge in [0.25, 0.3) is 5.95 Å². The highest BCUT2D eigenvalue weighted by molar-refractivity contribution is 6.34. The lowest BCUT2D eigenvalue weighted by Gasteiger charge is -2.19. The Kier molecular flexibility index (Phi) is 10.3. The summed E-state index contributed by atoms with van der Waals surface area (Å²) >= 11 is 6.62. The summed E-state index contributed by atoms with van der Waals surface area (Å²) in [6, 6.07) is 26.6. The lowest BCUT2D eigenvalue weighted by molar-refractivity contribution is -0.115. The molecular weight excluding hydrogens is 596 g/mol. The van der Waals surface area contributed by atoms with Crippen LogP contribution in [0.3, 0.4) is 0 Å². The standard InChI is InChI=1S/C36H33ClO8/c1-23-14-27(38)17-32(45-36-33(35(23)39)30(40-2)19-31(41-3)34(36)37)44-22-26-15-28(42-20-24-10-6-4-7-11-24)18-29(16-26)43-21-25-12-8-5-9-13-25/h4-13,15-19,23H,14,20-22H2,1-3H3/b32-17-/t23-/m1/s1. The topological polar surface area (TPSA) is 89.5 Å². The van der Waals surface area contributed by atoms with Crippen LogP contribution in [-0.4, -0.2) is 25.8 Å². The van der Waals surface area contributed by atoms with Crippen LogP contribution in [0.15, 0.2) is 97.0 Å². The first kappa shape index (κ1) is 31.5. The second kappa shape index (κ2) is 14.7. The Balaban J connectivity index is 1.43. The smallest absolute Gasteiger partial charge is 0.288 e. The molecule has 45 heavy (non-hydrogen) atoms. The molecule has 0 unspecified atom stereocenters. The monoisotopic (exact) mass is 628 g/mol. The molecule has 0 saturated heterocycles. The third-order valence-corrected chi connectivity index (χ3v) is 7.45. The zero-order valence-electron chi connectivity index (χ0n) is 25.2. The molecule has 0 aliphatic carbocycles. The molecule has 0 saturated carbocycles. The molecule has 0 aromatic heterocycles. The highest BCUT2D eigenvalue weighted by Gasteiger charge is 2.31. The van der Waals surface area contributed by atoms with Gasteiger partial charge in [-0.3, -0.25) is 9.59 Å². The van der Waals surface area contributed by atoms with E-state index in [1.165, 1.54) is 26.4 Å². The lowest BCUT2D eigenvalue weighted by Crippen LogP contribution is -2.16. The fourth-order valence-corrected chi connectivity index (χ4v) is 5.04. The Morgan fingerprint density at radius 3 is 1.84 bits per heavy atom. The maximum Gasteiger partial charge on any atom is 0.288 e. The van der Waals surface area contributed by atoms with E-state index in [1.807, 2.05) is 78.9 Å². The summed E-state index contributed by atoms with van der Waals surface area (Å²) in [5.41, 5.74) is 2.82. The van der Waals surface area contributed by atoms with E-state index in [-0.39, 0.29) is 58.4 Å². The number of hydrogen-bond acceptors (Lipinski definition) is 8.